The molecule has 3 heteroatoms. The van der Waals surface area contributed by atoms with Gasteiger partial charge in [-0.15, -0.1) is 0 Å². The highest BCUT2D eigenvalue weighted by atomic mass is 16.2. The van der Waals surface area contributed by atoms with E-state index >= 15 is 0 Å². The first-order chi connectivity index (χ1) is 10.0. The van der Waals surface area contributed by atoms with Crippen LogP contribution in [0.2, 0.25) is 0 Å². The Labute approximate surface area is 128 Å². The van der Waals surface area contributed by atoms with E-state index in [1.165, 1.54) is 0 Å². The van der Waals surface area contributed by atoms with E-state index in [2.05, 4.69) is 17.2 Å². The SMILES string of the molecule is C=C/C=C(\C=C(C)C)NC(=O)Nc1cccc(C)c1.CC. The maximum atomic E-state index is 11.9. The fourth-order valence-electron chi connectivity index (χ4n) is 1.58. The van der Waals surface area contributed by atoms with Gasteiger partial charge in [0, 0.05) is 11.4 Å². The van der Waals surface area contributed by atoms with Crippen LogP contribution >= 0.6 is 0 Å². The molecule has 0 aliphatic carbocycles. The molecule has 0 spiro atoms. The van der Waals surface area contributed by atoms with E-state index < -0.39 is 0 Å². The predicted molar refractivity (Wildman–Crippen MR) is 92.4 cm³/mol. The van der Waals surface area contributed by atoms with Gasteiger partial charge in [-0.3, -0.25) is 0 Å². The van der Waals surface area contributed by atoms with Gasteiger partial charge in [0.1, 0.15) is 0 Å². The van der Waals surface area contributed by atoms with E-state index in [0.717, 1.165) is 16.8 Å². The average Bonchev–Trinajstić information content (AvgIpc) is 2.40. The third-order valence-corrected chi connectivity index (χ3v) is 2.28. The Morgan fingerprint density at radius 1 is 1.24 bits per heavy atom. The lowest BCUT2D eigenvalue weighted by atomic mass is 10.2. The Kier molecular flexibility index (Phi) is 9.35. The first-order valence-electron chi connectivity index (χ1n) is 7.13. The summed E-state index contributed by atoms with van der Waals surface area (Å²) in [6.07, 6.45) is 5.28. The zero-order valence-corrected chi connectivity index (χ0v) is 13.7. The van der Waals surface area contributed by atoms with E-state index in [0.29, 0.717) is 5.70 Å². The zero-order valence-electron chi connectivity index (χ0n) is 13.7. The van der Waals surface area contributed by atoms with Crippen LogP contribution in [-0.4, -0.2) is 6.03 Å². The second kappa shape index (κ2) is 10.5. The van der Waals surface area contributed by atoms with Gasteiger partial charge in [-0.05, 0) is 50.6 Å². The molecule has 1 aromatic carbocycles. The number of urea groups is 1. The summed E-state index contributed by atoms with van der Waals surface area (Å²) in [5.74, 6) is 0. The number of hydrogen-bond acceptors (Lipinski definition) is 1. The van der Waals surface area contributed by atoms with Crippen LogP contribution in [-0.2, 0) is 0 Å². The van der Waals surface area contributed by atoms with E-state index in [-0.39, 0.29) is 6.03 Å². The zero-order chi connectivity index (χ0) is 16.3. The molecular weight excluding hydrogens is 260 g/mol. The van der Waals surface area contributed by atoms with E-state index in [9.17, 15) is 4.79 Å². The van der Waals surface area contributed by atoms with Crippen molar-refractivity contribution in [1.82, 2.24) is 5.32 Å². The third-order valence-electron chi connectivity index (χ3n) is 2.28. The lowest BCUT2D eigenvalue weighted by Crippen LogP contribution is -2.27. The molecule has 114 valence electrons. The molecule has 0 unspecified atom stereocenters. The molecule has 0 aliphatic heterocycles. The maximum absolute atomic E-state index is 11.9. The highest BCUT2D eigenvalue weighted by Crippen LogP contribution is 2.09. The van der Waals surface area contributed by atoms with Crippen LogP contribution in [0.4, 0.5) is 10.5 Å². The number of allylic oxidation sites excluding steroid dienone is 4. The fourth-order valence-corrected chi connectivity index (χ4v) is 1.58. The van der Waals surface area contributed by atoms with E-state index in [1.807, 2.05) is 65.0 Å². The van der Waals surface area contributed by atoms with Gasteiger partial charge in [0.2, 0.25) is 0 Å². The number of nitrogens with one attached hydrogen (secondary N) is 2. The fraction of sp³-hybridized carbons (Fsp3) is 0.278. The minimum atomic E-state index is -0.267. The summed E-state index contributed by atoms with van der Waals surface area (Å²) in [5, 5.41) is 5.57. The number of amides is 2. The monoisotopic (exact) mass is 286 g/mol. The number of carbonyl (C=O) groups is 1. The number of aryl methyl sites for hydroxylation is 1. The molecule has 0 radical (unpaired) electrons. The lowest BCUT2D eigenvalue weighted by molar-refractivity contribution is 0.254. The van der Waals surface area contributed by atoms with Gasteiger partial charge < -0.3 is 10.6 Å². The molecule has 0 atom stereocenters. The van der Waals surface area contributed by atoms with Crippen molar-refractivity contribution in [2.24, 2.45) is 0 Å². The molecule has 2 amide bonds. The van der Waals surface area contributed by atoms with Crippen LogP contribution < -0.4 is 10.6 Å². The van der Waals surface area contributed by atoms with E-state index in [4.69, 9.17) is 0 Å². The number of anilines is 1. The van der Waals surface area contributed by atoms with Crippen molar-refractivity contribution >= 4 is 11.7 Å². The predicted octanol–water partition coefficient (Wildman–Crippen LogP) is 5.18. The molecule has 0 saturated carbocycles. The second-order valence-corrected chi connectivity index (χ2v) is 4.53. The van der Waals surface area contributed by atoms with Gasteiger partial charge in [-0.1, -0.05) is 44.2 Å². The van der Waals surface area contributed by atoms with Crippen LogP contribution in [0.3, 0.4) is 0 Å². The van der Waals surface area contributed by atoms with Crippen LogP contribution in [0.15, 0.2) is 60.3 Å². The Morgan fingerprint density at radius 2 is 1.90 bits per heavy atom. The van der Waals surface area contributed by atoms with Gasteiger partial charge in [0.05, 0.1) is 0 Å². The summed E-state index contributed by atoms with van der Waals surface area (Å²) >= 11 is 0. The minimum absolute atomic E-state index is 0.267. The highest BCUT2D eigenvalue weighted by Gasteiger charge is 2.02. The Hall–Kier alpha value is -2.29. The summed E-state index contributed by atoms with van der Waals surface area (Å²) in [6.45, 7) is 13.6. The summed E-state index contributed by atoms with van der Waals surface area (Å²) in [5.41, 5.74) is 3.68. The molecule has 1 aromatic rings. The molecule has 0 aliphatic rings. The number of rotatable bonds is 4. The summed E-state index contributed by atoms with van der Waals surface area (Å²) in [6, 6.07) is 7.38. The molecule has 21 heavy (non-hydrogen) atoms. The first-order valence-corrected chi connectivity index (χ1v) is 7.13. The smallest absolute Gasteiger partial charge is 0.308 e. The van der Waals surface area contributed by atoms with Gasteiger partial charge in [0.15, 0.2) is 0 Å². The van der Waals surface area contributed by atoms with Crippen LogP contribution in [0, 0.1) is 6.92 Å². The topological polar surface area (TPSA) is 41.1 Å². The van der Waals surface area contributed by atoms with Crippen molar-refractivity contribution in [2.75, 3.05) is 5.32 Å². The van der Waals surface area contributed by atoms with Crippen molar-refractivity contribution in [2.45, 2.75) is 34.6 Å². The molecule has 3 nitrogen and oxygen atoms in total. The summed E-state index contributed by atoms with van der Waals surface area (Å²) in [7, 11) is 0. The molecule has 0 saturated heterocycles. The third kappa shape index (κ3) is 8.47. The van der Waals surface area contributed by atoms with Gasteiger partial charge in [-0.2, -0.15) is 0 Å². The standard InChI is InChI=1S/C16H20N2O.C2H6/c1-5-7-14(10-12(2)3)17-16(19)18-15-9-6-8-13(4)11-15;1-2/h5-11H,1H2,2-4H3,(H2,17,18,19);1-2H3/b14-7+;. The molecule has 0 aromatic heterocycles. The molecule has 0 heterocycles. The second-order valence-electron chi connectivity index (χ2n) is 4.53. The van der Waals surface area contributed by atoms with Crippen molar-refractivity contribution < 1.29 is 4.79 Å². The van der Waals surface area contributed by atoms with Crippen LogP contribution in [0.1, 0.15) is 33.3 Å². The summed E-state index contributed by atoms with van der Waals surface area (Å²) < 4.78 is 0. The van der Waals surface area contributed by atoms with Crippen LogP contribution in [0.5, 0.6) is 0 Å². The molecule has 0 bridgehead atoms. The lowest BCUT2D eigenvalue weighted by Gasteiger charge is -2.09. The van der Waals surface area contributed by atoms with Gasteiger partial charge in [0.25, 0.3) is 0 Å². The molecule has 1 rings (SSSR count). The molecule has 2 N–H and O–H groups in total. The van der Waals surface area contributed by atoms with Crippen molar-refractivity contribution in [3.05, 3.63) is 65.9 Å². The van der Waals surface area contributed by atoms with Crippen molar-refractivity contribution in [3.63, 3.8) is 0 Å². The Morgan fingerprint density at radius 3 is 2.43 bits per heavy atom. The largest absolute Gasteiger partial charge is 0.323 e. The normalized spacial score (nSPS) is 9.86. The Bertz CT molecular complexity index is 524. The van der Waals surface area contributed by atoms with Crippen LogP contribution in [0.25, 0.3) is 0 Å². The van der Waals surface area contributed by atoms with Crippen molar-refractivity contribution in [1.29, 1.82) is 0 Å². The molecular formula is C18H26N2O. The average molecular weight is 286 g/mol. The Balaban J connectivity index is 0.00000191. The number of carbonyl (C=O) groups excluding carboxylic acids is 1. The van der Waals surface area contributed by atoms with Gasteiger partial charge in [-0.25, -0.2) is 4.79 Å². The molecule has 0 fully saturated rings. The highest BCUT2D eigenvalue weighted by molar-refractivity contribution is 5.90. The summed E-state index contributed by atoms with van der Waals surface area (Å²) in [4.78, 5) is 11.9. The van der Waals surface area contributed by atoms with Crippen molar-refractivity contribution in [3.8, 4) is 0 Å². The van der Waals surface area contributed by atoms with E-state index in [1.54, 1.807) is 12.2 Å². The quantitative estimate of drug-likeness (QED) is 0.736. The number of benzene rings is 1. The number of hydrogen-bond donors (Lipinski definition) is 2. The van der Waals surface area contributed by atoms with Gasteiger partial charge >= 0.3 is 6.03 Å². The minimum Gasteiger partial charge on any atom is -0.308 e. The first kappa shape index (κ1) is 18.7. The maximum Gasteiger partial charge on any atom is 0.323 e.